The maximum Gasteiger partial charge on any atom is 0.121 e. The highest BCUT2D eigenvalue weighted by Gasteiger charge is 2.00. The number of hydrogen-bond donors (Lipinski definition) is 1. The molecule has 0 saturated carbocycles. The van der Waals surface area contributed by atoms with E-state index in [1.54, 1.807) is 0 Å². The van der Waals surface area contributed by atoms with Gasteiger partial charge >= 0.3 is 0 Å². The molecule has 2 heteroatoms. The van der Waals surface area contributed by atoms with Crippen molar-refractivity contribution in [1.29, 1.82) is 0 Å². The summed E-state index contributed by atoms with van der Waals surface area (Å²) in [6, 6.07) is 16.9. The molecule has 20 heavy (non-hydrogen) atoms. The van der Waals surface area contributed by atoms with E-state index in [1.807, 2.05) is 25.1 Å². The van der Waals surface area contributed by atoms with E-state index in [1.165, 1.54) is 11.1 Å². The summed E-state index contributed by atoms with van der Waals surface area (Å²) < 4.78 is 5.50. The number of nitrogens with one attached hydrogen (secondary N) is 1. The Kier molecular flexibility index (Phi) is 5.05. The molecule has 2 rings (SSSR count). The fourth-order valence-electron chi connectivity index (χ4n) is 2.09. The monoisotopic (exact) mass is 269 g/mol. The van der Waals surface area contributed by atoms with Crippen LogP contribution in [0.5, 0.6) is 5.75 Å². The van der Waals surface area contributed by atoms with E-state index >= 15 is 0 Å². The zero-order chi connectivity index (χ0) is 14.4. The SMILES string of the molecule is CCOc1cccc(NCc2ccc(C(C)C)cc2)c1. The van der Waals surface area contributed by atoms with Gasteiger partial charge in [0.15, 0.2) is 0 Å². The summed E-state index contributed by atoms with van der Waals surface area (Å²) in [4.78, 5) is 0. The summed E-state index contributed by atoms with van der Waals surface area (Å²) in [5.74, 6) is 1.49. The van der Waals surface area contributed by atoms with Crippen LogP contribution in [0.15, 0.2) is 48.5 Å². The topological polar surface area (TPSA) is 21.3 Å². The molecule has 106 valence electrons. The quantitative estimate of drug-likeness (QED) is 0.811. The Morgan fingerprint density at radius 3 is 2.45 bits per heavy atom. The molecule has 0 aliphatic rings. The maximum absolute atomic E-state index is 5.50. The summed E-state index contributed by atoms with van der Waals surface area (Å²) in [5.41, 5.74) is 3.76. The lowest BCUT2D eigenvalue weighted by molar-refractivity contribution is 0.340. The second-order valence-corrected chi connectivity index (χ2v) is 5.21. The van der Waals surface area contributed by atoms with E-state index in [4.69, 9.17) is 4.74 Å². The van der Waals surface area contributed by atoms with Crippen LogP contribution in [0.1, 0.15) is 37.8 Å². The Bertz CT molecular complexity index is 531. The van der Waals surface area contributed by atoms with Gasteiger partial charge in [0.25, 0.3) is 0 Å². The summed E-state index contributed by atoms with van der Waals surface area (Å²) in [5, 5.41) is 3.43. The van der Waals surface area contributed by atoms with E-state index < -0.39 is 0 Å². The fourth-order valence-corrected chi connectivity index (χ4v) is 2.09. The molecule has 0 radical (unpaired) electrons. The van der Waals surface area contributed by atoms with E-state index in [-0.39, 0.29) is 0 Å². The van der Waals surface area contributed by atoms with Gasteiger partial charge < -0.3 is 10.1 Å². The second-order valence-electron chi connectivity index (χ2n) is 5.21. The molecule has 0 fully saturated rings. The molecule has 2 nitrogen and oxygen atoms in total. The molecule has 0 aliphatic carbocycles. The Morgan fingerprint density at radius 1 is 1.05 bits per heavy atom. The summed E-state index contributed by atoms with van der Waals surface area (Å²) in [7, 11) is 0. The van der Waals surface area contributed by atoms with Crippen LogP contribution in [0.4, 0.5) is 5.69 Å². The van der Waals surface area contributed by atoms with Crippen LogP contribution in [0.3, 0.4) is 0 Å². The maximum atomic E-state index is 5.50. The van der Waals surface area contributed by atoms with Gasteiger partial charge in [-0.05, 0) is 36.1 Å². The molecule has 0 spiro atoms. The first-order valence-electron chi connectivity index (χ1n) is 7.24. The molecular formula is C18H23NO. The van der Waals surface area contributed by atoms with E-state index in [0.29, 0.717) is 12.5 Å². The lowest BCUT2D eigenvalue weighted by Crippen LogP contribution is -2.00. The van der Waals surface area contributed by atoms with Gasteiger partial charge in [0.1, 0.15) is 5.75 Å². The van der Waals surface area contributed by atoms with Crippen molar-refractivity contribution in [1.82, 2.24) is 0 Å². The summed E-state index contributed by atoms with van der Waals surface area (Å²) in [6.07, 6.45) is 0. The minimum absolute atomic E-state index is 0.583. The first kappa shape index (κ1) is 14.4. The summed E-state index contributed by atoms with van der Waals surface area (Å²) >= 11 is 0. The average molecular weight is 269 g/mol. The Hall–Kier alpha value is -1.96. The Morgan fingerprint density at radius 2 is 1.80 bits per heavy atom. The molecule has 0 bridgehead atoms. The second kappa shape index (κ2) is 6.99. The van der Waals surface area contributed by atoms with Gasteiger partial charge in [0.2, 0.25) is 0 Å². The lowest BCUT2D eigenvalue weighted by Gasteiger charge is -2.10. The van der Waals surface area contributed by atoms with Gasteiger partial charge in [-0.2, -0.15) is 0 Å². The largest absolute Gasteiger partial charge is 0.494 e. The van der Waals surface area contributed by atoms with E-state index in [0.717, 1.165) is 18.0 Å². The van der Waals surface area contributed by atoms with E-state index in [2.05, 4.69) is 49.5 Å². The third-order valence-electron chi connectivity index (χ3n) is 3.29. The minimum Gasteiger partial charge on any atom is -0.494 e. The Balaban J connectivity index is 1.96. The minimum atomic E-state index is 0.583. The highest BCUT2D eigenvalue weighted by molar-refractivity contribution is 5.48. The van der Waals surface area contributed by atoms with Gasteiger partial charge in [-0.25, -0.2) is 0 Å². The third kappa shape index (κ3) is 4.02. The molecule has 0 unspecified atom stereocenters. The number of rotatable bonds is 6. The molecular weight excluding hydrogens is 246 g/mol. The molecule has 0 aromatic heterocycles. The molecule has 0 saturated heterocycles. The highest BCUT2D eigenvalue weighted by Crippen LogP contribution is 2.19. The van der Waals surface area contributed by atoms with E-state index in [9.17, 15) is 0 Å². The normalized spacial score (nSPS) is 10.6. The van der Waals surface area contributed by atoms with Gasteiger partial charge in [-0.1, -0.05) is 44.2 Å². The van der Waals surface area contributed by atoms with Crippen LogP contribution in [0.25, 0.3) is 0 Å². The predicted molar refractivity (Wildman–Crippen MR) is 85.5 cm³/mol. The van der Waals surface area contributed by atoms with Gasteiger partial charge in [-0.15, -0.1) is 0 Å². The van der Waals surface area contributed by atoms with Crippen LogP contribution in [0, 0.1) is 0 Å². The van der Waals surface area contributed by atoms with Crippen LogP contribution >= 0.6 is 0 Å². The fraction of sp³-hybridized carbons (Fsp3) is 0.333. The van der Waals surface area contributed by atoms with Crippen molar-refractivity contribution in [3.05, 3.63) is 59.7 Å². The van der Waals surface area contributed by atoms with Gasteiger partial charge in [0.05, 0.1) is 6.61 Å². The molecule has 0 aliphatic heterocycles. The third-order valence-corrected chi connectivity index (χ3v) is 3.29. The molecule has 2 aromatic rings. The zero-order valence-corrected chi connectivity index (χ0v) is 12.5. The number of anilines is 1. The van der Waals surface area contributed by atoms with Gasteiger partial charge in [0, 0.05) is 18.3 Å². The predicted octanol–water partition coefficient (Wildman–Crippen LogP) is 4.82. The first-order chi connectivity index (χ1) is 9.69. The van der Waals surface area contributed by atoms with Crippen molar-refractivity contribution >= 4 is 5.69 Å². The van der Waals surface area contributed by atoms with Crippen LogP contribution < -0.4 is 10.1 Å². The standard InChI is InChI=1S/C18H23NO/c1-4-20-18-7-5-6-17(12-18)19-13-15-8-10-16(11-9-15)14(2)3/h5-12,14,19H,4,13H2,1-3H3. The smallest absolute Gasteiger partial charge is 0.121 e. The number of ether oxygens (including phenoxy) is 1. The number of hydrogen-bond acceptors (Lipinski definition) is 2. The molecule has 0 atom stereocenters. The van der Waals surface area contributed by atoms with Crippen molar-refractivity contribution in [2.45, 2.75) is 33.2 Å². The number of benzene rings is 2. The van der Waals surface area contributed by atoms with Crippen molar-refractivity contribution in [2.24, 2.45) is 0 Å². The van der Waals surface area contributed by atoms with Crippen molar-refractivity contribution in [3.63, 3.8) is 0 Å². The van der Waals surface area contributed by atoms with Crippen molar-refractivity contribution in [3.8, 4) is 5.75 Å². The zero-order valence-electron chi connectivity index (χ0n) is 12.5. The highest BCUT2D eigenvalue weighted by atomic mass is 16.5. The van der Waals surface area contributed by atoms with Gasteiger partial charge in [-0.3, -0.25) is 0 Å². The first-order valence-corrected chi connectivity index (χ1v) is 7.24. The lowest BCUT2D eigenvalue weighted by atomic mass is 10.0. The molecule has 0 amide bonds. The van der Waals surface area contributed by atoms with Crippen LogP contribution in [-0.4, -0.2) is 6.61 Å². The van der Waals surface area contributed by atoms with Crippen molar-refractivity contribution < 1.29 is 4.74 Å². The van der Waals surface area contributed by atoms with Crippen LogP contribution in [0.2, 0.25) is 0 Å². The van der Waals surface area contributed by atoms with Crippen molar-refractivity contribution in [2.75, 3.05) is 11.9 Å². The Labute approximate surface area is 121 Å². The van der Waals surface area contributed by atoms with Crippen LogP contribution in [-0.2, 0) is 6.54 Å². The average Bonchev–Trinajstić information content (AvgIpc) is 2.46. The summed E-state index contributed by atoms with van der Waals surface area (Å²) in [6.45, 7) is 7.95. The molecule has 1 N–H and O–H groups in total. The molecule has 2 aromatic carbocycles. The molecule has 0 heterocycles.